The summed E-state index contributed by atoms with van der Waals surface area (Å²) in [6.45, 7) is 2.46. The fourth-order valence-corrected chi connectivity index (χ4v) is 4.93. The minimum Gasteiger partial charge on any atom is -0.508 e. The number of phenols is 2. The molecule has 0 aliphatic carbocycles. The molecule has 1 atom stereocenters. The Morgan fingerprint density at radius 3 is 2.50 bits per heavy atom. The van der Waals surface area contributed by atoms with E-state index in [9.17, 15) is 19.8 Å². The van der Waals surface area contributed by atoms with E-state index in [2.05, 4.69) is 24.3 Å². The molecular formula is C30H28N2O4. The van der Waals surface area contributed by atoms with Crippen LogP contribution in [0.3, 0.4) is 0 Å². The second-order valence-corrected chi connectivity index (χ2v) is 9.45. The van der Waals surface area contributed by atoms with Crippen LogP contribution in [0.2, 0.25) is 0 Å². The van der Waals surface area contributed by atoms with Gasteiger partial charge in [0.2, 0.25) is 0 Å². The van der Waals surface area contributed by atoms with Crippen LogP contribution in [0.5, 0.6) is 11.5 Å². The number of nitrogens with zero attached hydrogens (tertiary/aromatic N) is 2. The number of aryl methyl sites for hydroxylation is 1. The summed E-state index contributed by atoms with van der Waals surface area (Å²) in [5, 5.41) is 22.1. The molecular weight excluding hydrogens is 452 g/mol. The average molecular weight is 481 g/mol. The molecule has 0 spiro atoms. The molecule has 1 aliphatic heterocycles. The van der Waals surface area contributed by atoms with Gasteiger partial charge in [-0.25, -0.2) is 0 Å². The number of rotatable bonds is 4. The van der Waals surface area contributed by atoms with Crippen LogP contribution in [0.1, 0.15) is 45.2 Å². The van der Waals surface area contributed by atoms with Crippen molar-refractivity contribution < 1.29 is 19.8 Å². The minimum absolute atomic E-state index is 0.0738. The van der Waals surface area contributed by atoms with E-state index in [-0.39, 0.29) is 34.9 Å². The van der Waals surface area contributed by atoms with Crippen LogP contribution in [-0.2, 0) is 13.0 Å². The van der Waals surface area contributed by atoms with Gasteiger partial charge in [0.15, 0.2) is 0 Å². The van der Waals surface area contributed by atoms with E-state index in [4.69, 9.17) is 0 Å². The van der Waals surface area contributed by atoms with Gasteiger partial charge < -0.3 is 20.0 Å². The van der Waals surface area contributed by atoms with Gasteiger partial charge >= 0.3 is 0 Å². The lowest BCUT2D eigenvalue weighted by Gasteiger charge is -2.36. The monoisotopic (exact) mass is 480 g/mol. The maximum absolute atomic E-state index is 13.3. The average Bonchev–Trinajstić information content (AvgIpc) is 2.87. The van der Waals surface area contributed by atoms with Crippen molar-refractivity contribution in [1.82, 2.24) is 4.90 Å². The van der Waals surface area contributed by atoms with Gasteiger partial charge in [-0.05, 0) is 78.1 Å². The highest BCUT2D eigenvalue weighted by Gasteiger charge is 2.31. The molecule has 1 heterocycles. The van der Waals surface area contributed by atoms with Crippen LogP contribution >= 0.6 is 0 Å². The Kier molecular flexibility index (Phi) is 6.10. The van der Waals surface area contributed by atoms with Crippen molar-refractivity contribution in [3.63, 3.8) is 0 Å². The fourth-order valence-electron chi connectivity index (χ4n) is 4.93. The standard InChI is InChI=1S/C30H28N2O4/c1-19-7-9-23-16-24(11-14-27(23)32(19)30(36)26-13-12-25(33)17-28(26)34)29(35)31(2)18-20-8-10-21-5-3-4-6-22(21)15-20/h3-6,8,10-17,19,33-34H,7,9,18H2,1-2H3. The Morgan fingerprint density at radius 1 is 0.944 bits per heavy atom. The minimum atomic E-state index is -0.339. The summed E-state index contributed by atoms with van der Waals surface area (Å²) in [5.74, 6) is -0.791. The molecule has 6 nitrogen and oxygen atoms in total. The number of hydrogen-bond acceptors (Lipinski definition) is 4. The van der Waals surface area contributed by atoms with Gasteiger partial charge in [-0.3, -0.25) is 9.59 Å². The molecule has 6 heteroatoms. The summed E-state index contributed by atoms with van der Waals surface area (Å²) in [6, 6.07) is 23.7. The molecule has 2 N–H and O–H groups in total. The van der Waals surface area contributed by atoms with Crippen LogP contribution in [0.4, 0.5) is 5.69 Å². The zero-order valence-corrected chi connectivity index (χ0v) is 20.3. The lowest BCUT2D eigenvalue weighted by Crippen LogP contribution is -2.42. The van der Waals surface area contributed by atoms with Crippen molar-refractivity contribution in [1.29, 1.82) is 0 Å². The number of carbonyl (C=O) groups is 2. The van der Waals surface area contributed by atoms with E-state index in [0.717, 1.165) is 41.1 Å². The molecule has 1 aliphatic rings. The van der Waals surface area contributed by atoms with Gasteiger partial charge in [0.1, 0.15) is 11.5 Å². The largest absolute Gasteiger partial charge is 0.508 e. The first-order valence-corrected chi connectivity index (χ1v) is 12.0. The molecule has 36 heavy (non-hydrogen) atoms. The van der Waals surface area contributed by atoms with Crippen molar-refractivity contribution in [2.24, 2.45) is 0 Å². The number of amides is 2. The summed E-state index contributed by atoms with van der Waals surface area (Å²) in [7, 11) is 1.79. The third kappa shape index (κ3) is 4.38. The molecule has 0 radical (unpaired) electrons. The maximum Gasteiger partial charge on any atom is 0.262 e. The molecule has 0 aromatic heterocycles. The Hall–Kier alpha value is -4.32. The number of phenolic OH excluding ortho intramolecular Hbond substituents is 2. The molecule has 2 amide bonds. The smallest absolute Gasteiger partial charge is 0.262 e. The van der Waals surface area contributed by atoms with E-state index in [1.165, 1.54) is 17.5 Å². The Morgan fingerprint density at radius 2 is 1.72 bits per heavy atom. The van der Waals surface area contributed by atoms with Crippen molar-refractivity contribution in [3.05, 3.63) is 101 Å². The molecule has 0 saturated heterocycles. The maximum atomic E-state index is 13.3. The summed E-state index contributed by atoms with van der Waals surface area (Å²) in [5.41, 5.74) is 3.42. The number of aromatic hydroxyl groups is 2. The van der Waals surface area contributed by atoms with Crippen LogP contribution in [-0.4, -0.2) is 40.0 Å². The predicted molar refractivity (Wildman–Crippen MR) is 141 cm³/mol. The molecule has 182 valence electrons. The third-order valence-electron chi connectivity index (χ3n) is 6.87. The Balaban J connectivity index is 1.38. The quantitative estimate of drug-likeness (QED) is 0.404. The van der Waals surface area contributed by atoms with Crippen LogP contribution < -0.4 is 4.90 Å². The highest BCUT2D eigenvalue weighted by Crippen LogP contribution is 2.35. The first-order chi connectivity index (χ1) is 17.3. The molecule has 4 aromatic carbocycles. The third-order valence-corrected chi connectivity index (χ3v) is 6.87. The van der Waals surface area contributed by atoms with Gasteiger partial charge in [-0.1, -0.05) is 36.4 Å². The number of anilines is 1. The van der Waals surface area contributed by atoms with E-state index in [1.807, 2.05) is 37.3 Å². The summed E-state index contributed by atoms with van der Waals surface area (Å²) in [6.07, 6.45) is 1.49. The van der Waals surface area contributed by atoms with E-state index in [0.29, 0.717) is 12.1 Å². The SMILES string of the molecule is CC1CCc2cc(C(=O)N(C)Cc3ccc4ccccc4c3)ccc2N1C(=O)c1ccc(O)cc1O. The molecule has 0 fully saturated rings. The topological polar surface area (TPSA) is 81.1 Å². The second kappa shape index (κ2) is 9.38. The zero-order valence-electron chi connectivity index (χ0n) is 20.3. The highest BCUT2D eigenvalue weighted by molar-refractivity contribution is 6.09. The van der Waals surface area contributed by atoms with Gasteiger partial charge in [0.05, 0.1) is 5.56 Å². The zero-order chi connectivity index (χ0) is 25.4. The summed E-state index contributed by atoms with van der Waals surface area (Å²) >= 11 is 0. The van der Waals surface area contributed by atoms with Gasteiger partial charge in [0, 0.05) is 37.0 Å². The number of benzene rings is 4. The molecule has 1 unspecified atom stereocenters. The number of hydrogen-bond donors (Lipinski definition) is 2. The molecule has 0 bridgehead atoms. The molecule has 5 rings (SSSR count). The lowest BCUT2D eigenvalue weighted by atomic mass is 9.93. The van der Waals surface area contributed by atoms with E-state index in [1.54, 1.807) is 22.9 Å². The van der Waals surface area contributed by atoms with E-state index < -0.39 is 0 Å². The fraction of sp³-hybridized carbons (Fsp3) is 0.200. The van der Waals surface area contributed by atoms with E-state index >= 15 is 0 Å². The van der Waals surface area contributed by atoms with Gasteiger partial charge in [-0.2, -0.15) is 0 Å². The normalized spacial score (nSPS) is 14.9. The second-order valence-electron chi connectivity index (χ2n) is 9.45. The molecule has 4 aromatic rings. The van der Waals surface area contributed by atoms with Crippen molar-refractivity contribution in [3.8, 4) is 11.5 Å². The van der Waals surface area contributed by atoms with Crippen LogP contribution in [0.15, 0.2) is 78.9 Å². The molecule has 0 saturated carbocycles. The Labute approximate surface area is 210 Å². The van der Waals surface area contributed by atoms with Crippen LogP contribution in [0, 0.1) is 0 Å². The Bertz CT molecular complexity index is 1480. The van der Waals surface area contributed by atoms with Crippen molar-refractivity contribution in [2.45, 2.75) is 32.4 Å². The predicted octanol–water partition coefficient (Wildman–Crippen LogP) is 5.50. The number of carbonyl (C=O) groups excluding carboxylic acids is 2. The highest BCUT2D eigenvalue weighted by atomic mass is 16.3. The summed E-state index contributed by atoms with van der Waals surface area (Å²) < 4.78 is 0. The van der Waals surface area contributed by atoms with Crippen LogP contribution in [0.25, 0.3) is 10.8 Å². The van der Waals surface area contributed by atoms with Crippen molar-refractivity contribution in [2.75, 3.05) is 11.9 Å². The van der Waals surface area contributed by atoms with Gasteiger partial charge in [0.25, 0.3) is 11.8 Å². The first kappa shape index (κ1) is 23.4. The van der Waals surface area contributed by atoms with Crippen molar-refractivity contribution >= 4 is 28.3 Å². The summed E-state index contributed by atoms with van der Waals surface area (Å²) in [4.78, 5) is 30.0. The van der Waals surface area contributed by atoms with Gasteiger partial charge in [-0.15, -0.1) is 0 Å². The lowest BCUT2D eigenvalue weighted by molar-refractivity contribution is 0.0785. The first-order valence-electron chi connectivity index (χ1n) is 12.0. The number of fused-ring (bicyclic) bond motifs is 2.